The Labute approximate surface area is 139 Å². The average Bonchev–Trinajstić information content (AvgIpc) is 2.44. The number of carboxylic acids is 1. The van der Waals surface area contributed by atoms with Gasteiger partial charge in [0.15, 0.2) is 0 Å². The van der Waals surface area contributed by atoms with Crippen molar-refractivity contribution in [3.8, 4) is 5.75 Å². The fourth-order valence-electron chi connectivity index (χ4n) is 2.35. The first-order valence-corrected chi connectivity index (χ1v) is 8.27. The Hall–Kier alpha value is -1.89. The number of thioether (sulfide) groups is 1. The molecule has 0 spiro atoms. The van der Waals surface area contributed by atoms with E-state index in [0.717, 1.165) is 22.6 Å². The minimum atomic E-state index is -1.03. The Morgan fingerprint density at radius 2 is 2.04 bits per heavy atom. The van der Waals surface area contributed by atoms with Crippen molar-refractivity contribution in [2.75, 3.05) is 12.9 Å². The predicted octanol–water partition coefficient (Wildman–Crippen LogP) is 3.46. The van der Waals surface area contributed by atoms with Gasteiger partial charge in [0.25, 0.3) is 0 Å². The van der Waals surface area contributed by atoms with Crippen LogP contribution in [0.5, 0.6) is 5.75 Å². The molecule has 1 atom stereocenters. The Morgan fingerprint density at radius 1 is 1.35 bits per heavy atom. The van der Waals surface area contributed by atoms with E-state index in [9.17, 15) is 14.7 Å². The molecule has 0 bridgehead atoms. The summed E-state index contributed by atoms with van der Waals surface area (Å²) >= 11 is 1.57. The molecule has 0 aromatic heterocycles. The smallest absolute Gasteiger partial charge is 0.408 e. The van der Waals surface area contributed by atoms with Crippen LogP contribution in [0.15, 0.2) is 17.0 Å². The summed E-state index contributed by atoms with van der Waals surface area (Å²) in [4.78, 5) is 24.1. The Kier molecular flexibility index (Phi) is 5.09. The average molecular weight is 339 g/mol. The summed E-state index contributed by atoms with van der Waals surface area (Å²) in [6.45, 7) is 5.41. The number of alkyl carbamates (subject to hydrolysis) is 1. The van der Waals surface area contributed by atoms with Gasteiger partial charge in [-0.25, -0.2) is 9.59 Å². The fourth-order valence-corrected chi connectivity index (χ4v) is 3.49. The highest BCUT2D eigenvalue weighted by atomic mass is 32.2. The lowest BCUT2D eigenvalue weighted by Gasteiger charge is -2.28. The van der Waals surface area contributed by atoms with E-state index in [2.05, 4.69) is 5.32 Å². The monoisotopic (exact) mass is 339 g/mol. The first-order valence-electron chi connectivity index (χ1n) is 7.29. The van der Waals surface area contributed by atoms with Gasteiger partial charge in [-0.3, -0.25) is 0 Å². The summed E-state index contributed by atoms with van der Waals surface area (Å²) in [5.74, 6) is 0.0426. The lowest BCUT2D eigenvalue weighted by Crippen LogP contribution is -2.36. The summed E-state index contributed by atoms with van der Waals surface area (Å²) in [5.41, 5.74) is 0.409. The van der Waals surface area contributed by atoms with Crippen LogP contribution in [0.1, 0.15) is 49.2 Å². The van der Waals surface area contributed by atoms with Gasteiger partial charge < -0.3 is 19.9 Å². The summed E-state index contributed by atoms with van der Waals surface area (Å²) in [7, 11) is 1.43. The highest BCUT2D eigenvalue weighted by Gasteiger charge is 2.27. The van der Waals surface area contributed by atoms with Crippen molar-refractivity contribution in [3.05, 3.63) is 23.3 Å². The molecule has 1 aromatic carbocycles. The van der Waals surface area contributed by atoms with Crippen molar-refractivity contribution in [2.24, 2.45) is 0 Å². The Balaban J connectivity index is 2.28. The van der Waals surface area contributed by atoms with Crippen LogP contribution in [0.4, 0.5) is 4.79 Å². The molecule has 6 nitrogen and oxygen atoms in total. The van der Waals surface area contributed by atoms with Gasteiger partial charge in [-0.15, -0.1) is 11.8 Å². The topological polar surface area (TPSA) is 84.9 Å². The van der Waals surface area contributed by atoms with Gasteiger partial charge in [0.05, 0.1) is 13.2 Å². The number of amides is 1. The number of carbonyl (C=O) groups excluding carboxylic acids is 1. The van der Waals surface area contributed by atoms with E-state index in [1.165, 1.54) is 7.11 Å². The van der Waals surface area contributed by atoms with Gasteiger partial charge in [0, 0.05) is 10.6 Å². The lowest BCUT2D eigenvalue weighted by molar-refractivity contribution is 0.0500. The molecule has 7 heteroatoms. The molecule has 1 amide bonds. The molecule has 0 unspecified atom stereocenters. The number of benzene rings is 1. The molecule has 1 aliphatic heterocycles. The zero-order valence-corrected chi connectivity index (χ0v) is 14.5. The zero-order chi connectivity index (χ0) is 17.2. The van der Waals surface area contributed by atoms with E-state index in [1.807, 2.05) is 0 Å². The normalized spacial score (nSPS) is 17.1. The number of carboxylic acid groups (broad SMARTS) is 1. The third-order valence-electron chi connectivity index (χ3n) is 3.29. The van der Waals surface area contributed by atoms with Gasteiger partial charge in [-0.05, 0) is 44.9 Å². The second-order valence-corrected chi connectivity index (χ2v) is 7.37. The van der Waals surface area contributed by atoms with E-state index < -0.39 is 17.7 Å². The number of methoxy groups -OCH3 is 1. The van der Waals surface area contributed by atoms with E-state index in [4.69, 9.17) is 9.47 Å². The molecule has 0 fully saturated rings. The third-order valence-corrected chi connectivity index (χ3v) is 4.40. The molecule has 0 aliphatic carbocycles. The molecule has 2 rings (SSSR count). The molecule has 23 heavy (non-hydrogen) atoms. The first kappa shape index (κ1) is 17.5. The molecule has 0 saturated carbocycles. The molecule has 1 heterocycles. The number of carbonyl (C=O) groups is 2. The number of aromatic carboxylic acids is 1. The second kappa shape index (κ2) is 6.70. The quantitative estimate of drug-likeness (QED) is 0.877. The fraction of sp³-hybridized carbons (Fsp3) is 0.500. The van der Waals surface area contributed by atoms with Crippen molar-refractivity contribution in [1.29, 1.82) is 0 Å². The van der Waals surface area contributed by atoms with Crippen LogP contribution in [-0.2, 0) is 4.74 Å². The van der Waals surface area contributed by atoms with Crippen molar-refractivity contribution in [1.82, 2.24) is 5.32 Å². The highest BCUT2D eigenvalue weighted by Crippen LogP contribution is 2.40. The van der Waals surface area contributed by atoms with Crippen LogP contribution in [0.3, 0.4) is 0 Å². The maximum atomic E-state index is 12.0. The minimum Gasteiger partial charge on any atom is -0.496 e. The number of nitrogens with one attached hydrogen (secondary N) is 1. The minimum absolute atomic E-state index is 0.122. The molecule has 1 aliphatic rings. The van der Waals surface area contributed by atoms with E-state index >= 15 is 0 Å². The summed E-state index contributed by atoms with van der Waals surface area (Å²) in [6.07, 6.45) is 0.258. The van der Waals surface area contributed by atoms with E-state index in [0.29, 0.717) is 0 Å². The van der Waals surface area contributed by atoms with Crippen LogP contribution in [-0.4, -0.2) is 35.6 Å². The van der Waals surface area contributed by atoms with Crippen molar-refractivity contribution >= 4 is 23.8 Å². The molecule has 0 radical (unpaired) electrons. The standard InChI is InChI=1S/C16H21NO5S/c1-16(2,3)22-15(20)17-11-5-6-23-13-8-10(14(18)19)12(21-4)7-9(11)13/h7-8,11H,5-6H2,1-4H3,(H,17,20)(H,18,19)/t11-/m0/s1. The van der Waals surface area contributed by atoms with E-state index in [-0.39, 0.29) is 17.4 Å². The predicted molar refractivity (Wildman–Crippen MR) is 87.4 cm³/mol. The Bertz CT molecular complexity index is 624. The van der Waals surface area contributed by atoms with Gasteiger partial charge in [0.2, 0.25) is 0 Å². The number of hydrogen-bond acceptors (Lipinski definition) is 5. The largest absolute Gasteiger partial charge is 0.496 e. The van der Waals surface area contributed by atoms with Gasteiger partial charge in [-0.1, -0.05) is 0 Å². The number of fused-ring (bicyclic) bond motifs is 1. The molecule has 126 valence electrons. The van der Waals surface area contributed by atoms with E-state index in [1.54, 1.807) is 44.7 Å². The highest BCUT2D eigenvalue weighted by molar-refractivity contribution is 7.99. The number of ether oxygens (including phenoxy) is 2. The number of hydrogen-bond donors (Lipinski definition) is 2. The molecule has 1 aromatic rings. The maximum Gasteiger partial charge on any atom is 0.408 e. The Morgan fingerprint density at radius 3 is 2.61 bits per heavy atom. The van der Waals surface area contributed by atoms with Gasteiger partial charge >= 0.3 is 12.1 Å². The summed E-state index contributed by atoms with van der Waals surface area (Å²) in [5, 5.41) is 12.1. The summed E-state index contributed by atoms with van der Waals surface area (Å²) in [6, 6.07) is 3.06. The van der Waals surface area contributed by atoms with Gasteiger partial charge in [0.1, 0.15) is 16.9 Å². The number of rotatable bonds is 3. The third kappa shape index (κ3) is 4.31. The molecular formula is C16H21NO5S. The lowest BCUT2D eigenvalue weighted by atomic mass is 10.0. The first-order chi connectivity index (χ1) is 10.7. The maximum absolute atomic E-state index is 12.0. The van der Waals surface area contributed by atoms with Crippen molar-refractivity contribution in [3.63, 3.8) is 0 Å². The molecule has 0 saturated heterocycles. The van der Waals surface area contributed by atoms with Gasteiger partial charge in [-0.2, -0.15) is 0 Å². The van der Waals surface area contributed by atoms with Crippen LogP contribution >= 0.6 is 11.8 Å². The summed E-state index contributed by atoms with van der Waals surface area (Å²) < 4.78 is 10.5. The van der Waals surface area contributed by atoms with Crippen LogP contribution < -0.4 is 10.1 Å². The van der Waals surface area contributed by atoms with Crippen LogP contribution in [0.2, 0.25) is 0 Å². The van der Waals surface area contributed by atoms with Crippen LogP contribution in [0.25, 0.3) is 0 Å². The van der Waals surface area contributed by atoms with Crippen LogP contribution in [0, 0.1) is 0 Å². The SMILES string of the molecule is COc1cc2c(cc1C(=O)O)SCC[C@@H]2NC(=O)OC(C)(C)C. The second-order valence-electron chi connectivity index (χ2n) is 6.23. The molecule has 2 N–H and O–H groups in total. The van der Waals surface area contributed by atoms with Crippen molar-refractivity contribution < 1.29 is 24.2 Å². The van der Waals surface area contributed by atoms with Crippen molar-refractivity contribution in [2.45, 2.75) is 43.7 Å². The zero-order valence-electron chi connectivity index (χ0n) is 13.6. The molecular weight excluding hydrogens is 318 g/mol.